The van der Waals surface area contributed by atoms with E-state index in [1.807, 2.05) is 6.07 Å². The molecule has 166 valence electrons. The second-order valence-electron chi connectivity index (χ2n) is 9.06. The van der Waals surface area contributed by atoms with Crippen molar-refractivity contribution in [2.24, 2.45) is 5.92 Å². The number of carbonyl (C=O) groups excluding carboxylic acids is 1. The van der Waals surface area contributed by atoms with Crippen LogP contribution in [0.1, 0.15) is 37.7 Å². The molecule has 0 aromatic heterocycles. The normalized spacial score (nSPS) is 30.2. The van der Waals surface area contributed by atoms with E-state index in [9.17, 15) is 17.6 Å². The van der Waals surface area contributed by atoms with Crippen LogP contribution in [0.4, 0.5) is 4.39 Å². The van der Waals surface area contributed by atoms with Crippen molar-refractivity contribution in [1.29, 1.82) is 0 Å². The lowest BCUT2D eigenvalue weighted by Gasteiger charge is -2.36. The molecule has 3 aliphatic rings. The third kappa shape index (κ3) is 5.39. The maximum atomic E-state index is 13.5. The van der Waals surface area contributed by atoms with Crippen molar-refractivity contribution in [3.8, 4) is 0 Å². The Labute approximate surface area is 178 Å². The fraction of sp³-hybridized carbons (Fsp3) is 0.682. The lowest BCUT2D eigenvalue weighted by atomic mass is 9.95. The van der Waals surface area contributed by atoms with Crippen molar-refractivity contribution in [2.45, 2.75) is 50.7 Å². The Morgan fingerprint density at radius 3 is 2.67 bits per heavy atom. The molecule has 4 rings (SSSR count). The number of likely N-dealkylation sites (tertiary alicyclic amines) is 2. The number of hydrogen-bond donors (Lipinski definition) is 1. The van der Waals surface area contributed by atoms with E-state index in [4.69, 9.17) is 0 Å². The van der Waals surface area contributed by atoms with Gasteiger partial charge in [0, 0.05) is 19.1 Å². The molecule has 1 aromatic rings. The monoisotopic (exact) mass is 437 g/mol. The Morgan fingerprint density at radius 1 is 1.10 bits per heavy atom. The van der Waals surface area contributed by atoms with Crippen LogP contribution in [0.25, 0.3) is 0 Å². The van der Waals surface area contributed by atoms with E-state index in [2.05, 4.69) is 15.1 Å². The largest absolute Gasteiger partial charge is 0.350 e. The second kappa shape index (κ2) is 9.32. The molecule has 8 heteroatoms. The minimum Gasteiger partial charge on any atom is -0.350 e. The molecule has 0 bridgehead atoms. The molecule has 3 fully saturated rings. The highest BCUT2D eigenvalue weighted by atomic mass is 32.2. The molecule has 6 nitrogen and oxygen atoms in total. The summed E-state index contributed by atoms with van der Waals surface area (Å²) in [4.78, 5) is 17.5. The number of carbonyl (C=O) groups is 1. The Kier molecular flexibility index (Phi) is 6.75. The number of nitrogens with one attached hydrogen (secondary N) is 1. The highest BCUT2D eigenvalue weighted by Crippen LogP contribution is 2.24. The van der Waals surface area contributed by atoms with Gasteiger partial charge in [0.15, 0.2) is 9.84 Å². The van der Waals surface area contributed by atoms with Crippen molar-refractivity contribution in [3.63, 3.8) is 0 Å². The summed E-state index contributed by atoms with van der Waals surface area (Å²) >= 11 is 0. The van der Waals surface area contributed by atoms with E-state index in [0.717, 1.165) is 50.9 Å². The number of sulfone groups is 1. The summed E-state index contributed by atoms with van der Waals surface area (Å²) in [6.45, 7) is 3.95. The van der Waals surface area contributed by atoms with Crippen LogP contribution in [0.2, 0.25) is 0 Å². The molecule has 30 heavy (non-hydrogen) atoms. The first-order chi connectivity index (χ1) is 14.4. The van der Waals surface area contributed by atoms with Crippen molar-refractivity contribution < 1.29 is 17.6 Å². The Hall–Kier alpha value is -1.51. The van der Waals surface area contributed by atoms with Gasteiger partial charge >= 0.3 is 0 Å². The number of hydrogen-bond acceptors (Lipinski definition) is 5. The third-order valence-corrected chi connectivity index (χ3v) is 8.40. The van der Waals surface area contributed by atoms with Gasteiger partial charge in [-0.25, -0.2) is 12.8 Å². The molecule has 3 aliphatic heterocycles. The lowest BCUT2D eigenvalue weighted by molar-refractivity contribution is -0.127. The topological polar surface area (TPSA) is 69.7 Å². The number of benzene rings is 1. The highest BCUT2D eigenvalue weighted by Gasteiger charge is 2.42. The van der Waals surface area contributed by atoms with E-state index >= 15 is 0 Å². The maximum absolute atomic E-state index is 13.5. The molecule has 0 aliphatic carbocycles. The van der Waals surface area contributed by atoms with Crippen LogP contribution in [-0.4, -0.2) is 73.9 Å². The zero-order chi connectivity index (χ0) is 21.1. The number of halogens is 1. The van der Waals surface area contributed by atoms with Crippen molar-refractivity contribution in [2.75, 3.05) is 37.7 Å². The zero-order valence-electron chi connectivity index (χ0n) is 17.4. The van der Waals surface area contributed by atoms with Crippen LogP contribution in [0.5, 0.6) is 0 Å². The first-order valence-corrected chi connectivity index (χ1v) is 12.9. The summed E-state index contributed by atoms with van der Waals surface area (Å²) in [7, 11) is -3.13. The van der Waals surface area contributed by atoms with Gasteiger partial charge in [-0.1, -0.05) is 18.6 Å². The van der Waals surface area contributed by atoms with Crippen LogP contribution in [0.3, 0.4) is 0 Å². The summed E-state index contributed by atoms with van der Waals surface area (Å²) in [5, 5.41) is 3.10. The molecule has 0 saturated carbocycles. The molecule has 1 amide bonds. The number of nitrogens with zero attached hydrogens (tertiary/aromatic N) is 2. The third-order valence-electron chi connectivity index (χ3n) is 6.68. The highest BCUT2D eigenvalue weighted by molar-refractivity contribution is 7.91. The summed E-state index contributed by atoms with van der Waals surface area (Å²) in [6.07, 6.45) is 5.09. The van der Waals surface area contributed by atoms with Gasteiger partial charge in [0.25, 0.3) is 0 Å². The van der Waals surface area contributed by atoms with Gasteiger partial charge in [-0.3, -0.25) is 14.6 Å². The summed E-state index contributed by atoms with van der Waals surface area (Å²) in [6, 6.07) is 6.16. The maximum Gasteiger partial charge on any atom is 0.224 e. The minimum absolute atomic E-state index is 0.0388. The standard InChI is InChI=1S/C22H32FN3O3S/c23-19-8-4-6-17(12-19)13-25-9-5-7-18(14-25)22(27)24-20-15-30(28,29)16-21(20)26-10-2-1-3-11-26/h4,6,8,12,18,20-21H,1-3,5,7,9-11,13-16H2,(H,24,27). The smallest absolute Gasteiger partial charge is 0.224 e. The first kappa shape index (κ1) is 21.7. The zero-order valence-corrected chi connectivity index (χ0v) is 18.2. The summed E-state index contributed by atoms with van der Waals surface area (Å²) in [5.41, 5.74) is 0.906. The molecule has 3 atom stereocenters. The molecule has 0 radical (unpaired) electrons. The second-order valence-corrected chi connectivity index (χ2v) is 11.2. The molecule has 1 aromatic carbocycles. The Morgan fingerprint density at radius 2 is 1.90 bits per heavy atom. The molecular formula is C22H32FN3O3S. The van der Waals surface area contributed by atoms with Crippen LogP contribution in [-0.2, 0) is 21.2 Å². The fourth-order valence-electron chi connectivity index (χ4n) is 5.18. The van der Waals surface area contributed by atoms with Crippen molar-refractivity contribution >= 4 is 15.7 Å². The minimum atomic E-state index is -3.13. The average molecular weight is 438 g/mol. The van der Waals surface area contributed by atoms with Gasteiger partial charge in [-0.05, 0) is 63.0 Å². The predicted octanol–water partition coefficient (Wildman–Crippen LogP) is 1.81. The molecule has 1 N–H and O–H groups in total. The van der Waals surface area contributed by atoms with Gasteiger partial charge in [0.2, 0.25) is 5.91 Å². The number of amides is 1. The van der Waals surface area contributed by atoms with Gasteiger partial charge in [0.05, 0.1) is 23.5 Å². The Balaban J connectivity index is 1.37. The van der Waals surface area contributed by atoms with Crippen molar-refractivity contribution in [1.82, 2.24) is 15.1 Å². The van der Waals surface area contributed by atoms with Crippen LogP contribution in [0, 0.1) is 11.7 Å². The van der Waals surface area contributed by atoms with Gasteiger partial charge in [-0.2, -0.15) is 0 Å². The van der Waals surface area contributed by atoms with Crippen LogP contribution < -0.4 is 5.32 Å². The molecule has 3 saturated heterocycles. The number of rotatable bonds is 5. The quantitative estimate of drug-likeness (QED) is 0.761. The SMILES string of the molecule is O=C(NC1CS(=O)(=O)CC1N1CCCCC1)C1CCCN(Cc2cccc(F)c2)C1. The molecule has 3 heterocycles. The van der Waals surface area contributed by atoms with Gasteiger partial charge < -0.3 is 5.32 Å². The number of piperidine rings is 2. The van der Waals surface area contributed by atoms with E-state index in [1.54, 1.807) is 6.07 Å². The summed E-state index contributed by atoms with van der Waals surface area (Å²) < 4.78 is 38.1. The van der Waals surface area contributed by atoms with E-state index in [0.29, 0.717) is 13.1 Å². The predicted molar refractivity (Wildman–Crippen MR) is 114 cm³/mol. The molecule has 3 unspecified atom stereocenters. The Bertz CT molecular complexity index is 857. The van der Waals surface area contributed by atoms with Gasteiger partial charge in [-0.15, -0.1) is 0 Å². The fourth-order valence-corrected chi connectivity index (χ4v) is 7.14. The molecule has 0 spiro atoms. The lowest BCUT2D eigenvalue weighted by Crippen LogP contribution is -2.54. The van der Waals surface area contributed by atoms with Crippen molar-refractivity contribution in [3.05, 3.63) is 35.6 Å². The van der Waals surface area contributed by atoms with E-state index in [1.165, 1.54) is 18.6 Å². The first-order valence-electron chi connectivity index (χ1n) is 11.1. The molecular weight excluding hydrogens is 405 g/mol. The summed E-state index contributed by atoms with van der Waals surface area (Å²) in [5.74, 6) is -0.251. The van der Waals surface area contributed by atoms with Crippen LogP contribution >= 0.6 is 0 Å². The average Bonchev–Trinajstić information content (AvgIpc) is 3.03. The van der Waals surface area contributed by atoms with E-state index in [-0.39, 0.29) is 41.2 Å². The van der Waals surface area contributed by atoms with Crippen LogP contribution in [0.15, 0.2) is 24.3 Å². The van der Waals surface area contributed by atoms with Gasteiger partial charge in [0.1, 0.15) is 5.82 Å². The van der Waals surface area contributed by atoms with E-state index < -0.39 is 9.84 Å².